The van der Waals surface area contributed by atoms with E-state index >= 15 is 0 Å². The molecule has 1 atom stereocenters. The van der Waals surface area contributed by atoms with E-state index in [0.29, 0.717) is 15.6 Å². The summed E-state index contributed by atoms with van der Waals surface area (Å²) < 4.78 is 0. The minimum absolute atomic E-state index is 0.0781. The maximum atomic E-state index is 13.3. The Bertz CT molecular complexity index is 1010. The van der Waals surface area contributed by atoms with Gasteiger partial charge in [0.15, 0.2) is 0 Å². The van der Waals surface area contributed by atoms with Crippen molar-refractivity contribution in [2.24, 2.45) is 0 Å². The van der Waals surface area contributed by atoms with Crippen molar-refractivity contribution in [3.63, 3.8) is 0 Å². The van der Waals surface area contributed by atoms with Crippen LogP contribution >= 0.6 is 23.2 Å². The van der Waals surface area contributed by atoms with Crippen molar-refractivity contribution in [2.75, 3.05) is 0 Å². The lowest BCUT2D eigenvalue weighted by atomic mass is 10.1. The molecule has 170 valence electrons. The number of hydrogen-bond donors (Lipinski definition) is 1. The van der Waals surface area contributed by atoms with Crippen LogP contribution in [0, 0.1) is 10.1 Å². The number of carbonyl (C=O) groups excluding carboxylic acids is 2. The smallest absolute Gasteiger partial charge is 0.273 e. The number of carbonyl (C=O) groups is 2. The van der Waals surface area contributed by atoms with Crippen LogP contribution in [0.3, 0.4) is 0 Å². The van der Waals surface area contributed by atoms with Gasteiger partial charge < -0.3 is 10.2 Å². The predicted molar refractivity (Wildman–Crippen MR) is 124 cm³/mol. The van der Waals surface area contributed by atoms with Gasteiger partial charge in [0.25, 0.3) is 5.69 Å². The molecular formula is C23H25Cl2N3O4. The SMILES string of the molecule is C[C@H](C(=O)NC1CCCC1)N(Cc1ccc(Cl)cc1Cl)C(=O)Cc1ccccc1[N+](=O)[O-]. The normalized spacial score (nSPS) is 14.7. The molecule has 3 rings (SSSR count). The van der Waals surface area contributed by atoms with E-state index in [1.807, 2.05) is 0 Å². The van der Waals surface area contributed by atoms with Gasteiger partial charge in [0.2, 0.25) is 11.8 Å². The molecule has 2 aromatic rings. The zero-order valence-electron chi connectivity index (χ0n) is 17.7. The van der Waals surface area contributed by atoms with Crippen LogP contribution in [0.5, 0.6) is 0 Å². The van der Waals surface area contributed by atoms with E-state index in [9.17, 15) is 19.7 Å². The van der Waals surface area contributed by atoms with Gasteiger partial charge in [-0.05, 0) is 37.5 Å². The lowest BCUT2D eigenvalue weighted by Gasteiger charge is -2.30. The molecule has 2 amide bonds. The Labute approximate surface area is 196 Å². The van der Waals surface area contributed by atoms with Gasteiger partial charge in [0.1, 0.15) is 6.04 Å². The standard InChI is InChI=1S/C23H25Cl2N3O4/c1-15(23(30)26-19-7-3-4-8-19)27(14-17-10-11-18(24)13-20(17)25)22(29)12-16-6-2-5-9-21(16)28(31)32/h2,5-6,9-11,13,15,19H,3-4,7-8,12,14H2,1H3,(H,26,30)/t15-/m1/s1. The molecule has 1 saturated carbocycles. The van der Waals surface area contributed by atoms with Gasteiger partial charge in [-0.25, -0.2) is 0 Å². The minimum atomic E-state index is -0.780. The fraction of sp³-hybridized carbons (Fsp3) is 0.391. The van der Waals surface area contributed by atoms with Gasteiger partial charge in [-0.1, -0.05) is 60.3 Å². The van der Waals surface area contributed by atoms with Crippen LogP contribution in [-0.4, -0.2) is 33.7 Å². The van der Waals surface area contributed by atoms with Crippen molar-refractivity contribution < 1.29 is 14.5 Å². The molecule has 0 saturated heterocycles. The van der Waals surface area contributed by atoms with Gasteiger partial charge in [-0.3, -0.25) is 19.7 Å². The van der Waals surface area contributed by atoms with Crippen molar-refractivity contribution in [3.8, 4) is 0 Å². The molecule has 0 spiro atoms. The van der Waals surface area contributed by atoms with Crippen molar-refractivity contribution in [2.45, 2.75) is 57.7 Å². The topological polar surface area (TPSA) is 92.6 Å². The first-order valence-electron chi connectivity index (χ1n) is 10.5. The molecule has 0 radical (unpaired) electrons. The lowest BCUT2D eigenvalue weighted by Crippen LogP contribution is -2.50. The zero-order valence-corrected chi connectivity index (χ0v) is 19.2. The van der Waals surface area contributed by atoms with Gasteiger partial charge in [0.05, 0.1) is 11.3 Å². The molecule has 0 unspecified atom stereocenters. The summed E-state index contributed by atoms with van der Waals surface area (Å²) >= 11 is 12.3. The summed E-state index contributed by atoms with van der Waals surface area (Å²) in [6, 6.07) is 10.4. The average molecular weight is 478 g/mol. The van der Waals surface area contributed by atoms with Gasteiger partial charge >= 0.3 is 0 Å². The molecular weight excluding hydrogens is 453 g/mol. The number of rotatable bonds is 8. The van der Waals surface area contributed by atoms with Crippen LogP contribution in [0.1, 0.15) is 43.7 Å². The number of halogens is 2. The molecule has 0 bridgehead atoms. The molecule has 7 nitrogen and oxygen atoms in total. The highest BCUT2D eigenvalue weighted by atomic mass is 35.5. The molecule has 32 heavy (non-hydrogen) atoms. The zero-order chi connectivity index (χ0) is 23.3. The predicted octanol–water partition coefficient (Wildman–Crippen LogP) is 4.92. The second-order valence-electron chi connectivity index (χ2n) is 7.99. The maximum absolute atomic E-state index is 13.3. The number of para-hydroxylation sites is 1. The van der Waals surface area contributed by atoms with E-state index in [4.69, 9.17) is 23.2 Å². The first-order valence-corrected chi connectivity index (χ1v) is 11.3. The summed E-state index contributed by atoms with van der Waals surface area (Å²) in [6.07, 6.45) is 3.78. The largest absolute Gasteiger partial charge is 0.352 e. The maximum Gasteiger partial charge on any atom is 0.273 e. The van der Waals surface area contributed by atoms with E-state index in [0.717, 1.165) is 25.7 Å². The van der Waals surface area contributed by atoms with E-state index in [1.165, 1.54) is 11.0 Å². The lowest BCUT2D eigenvalue weighted by molar-refractivity contribution is -0.385. The fourth-order valence-corrected chi connectivity index (χ4v) is 4.38. The Morgan fingerprint density at radius 2 is 1.84 bits per heavy atom. The summed E-state index contributed by atoms with van der Waals surface area (Å²) in [5, 5.41) is 15.2. The number of benzene rings is 2. The molecule has 1 fully saturated rings. The third-order valence-electron chi connectivity index (χ3n) is 5.75. The summed E-state index contributed by atoms with van der Waals surface area (Å²) in [4.78, 5) is 38.5. The summed E-state index contributed by atoms with van der Waals surface area (Å²) in [7, 11) is 0. The molecule has 2 aromatic carbocycles. The number of nitro groups is 1. The number of hydrogen-bond acceptors (Lipinski definition) is 4. The van der Waals surface area contributed by atoms with E-state index < -0.39 is 16.9 Å². The van der Waals surface area contributed by atoms with E-state index in [-0.39, 0.29) is 36.2 Å². The fourth-order valence-electron chi connectivity index (χ4n) is 3.91. The first kappa shape index (κ1) is 24.0. The van der Waals surface area contributed by atoms with Crippen LogP contribution in [-0.2, 0) is 22.6 Å². The first-order chi connectivity index (χ1) is 15.3. The molecule has 0 aromatic heterocycles. The van der Waals surface area contributed by atoms with E-state index in [2.05, 4.69) is 5.32 Å². The molecule has 1 N–H and O–H groups in total. The molecule has 0 aliphatic heterocycles. The number of nitrogens with zero attached hydrogens (tertiary/aromatic N) is 2. The third kappa shape index (κ3) is 5.99. The van der Waals surface area contributed by atoms with Gasteiger partial charge in [-0.2, -0.15) is 0 Å². The Morgan fingerprint density at radius 1 is 1.16 bits per heavy atom. The highest BCUT2D eigenvalue weighted by Gasteiger charge is 2.30. The van der Waals surface area contributed by atoms with Gasteiger partial charge in [0, 0.05) is 34.3 Å². The second-order valence-corrected chi connectivity index (χ2v) is 8.83. The van der Waals surface area contributed by atoms with Crippen molar-refractivity contribution in [1.82, 2.24) is 10.2 Å². The Balaban J connectivity index is 1.85. The van der Waals surface area contributed by atoms with Crippen LogP contribution < -0.4 is 5.32 Å². The summed E-state index contributed by atoms with van der Waals surface area (Å²) in [6.45, 7) is 1.74. The molecule has 9 heteroatoms. The average Bonchev–Trinajstić information content (AvgIpc) is 3.26. The monoisotopic (exact) mass is 477 g/mol. The van der Waals surface area contributed by atoms with E-state index in [1.54, 1.807) is 43.3 Å². The Morgan fingerprint density at radius 3 is 2.50 bits per heavy atom. The van der Waals surface area contributed by atoms with Gasteiger partial charge in [-0.15, -0.1) is 0 Å². The minimum Gasteiger partial charge on any atom is -0.352 e. The number of amides is 2. The highest BCUT2D eigenvalue weighted by Crippen LogP contribution is 2.25. The van der Waals surface area contributed by atoms with Crippen molar-refractivity contribution in [1.29, 1.82) is 0 Å². The summed E-state index contributed by atoms with van der Waals surface area (Å²) in [5.41, 5.74) is 0.791. The van der Waals surface area contributed by atoms with Crippen LogP contribution in [0.25, 0.3) is 0 Å². The molecule has 1 aliphatic carbocycles. The Kier molecular flexibility index (Phi) is 8.10. The van der Waals surface area contributed by atoms with Crippen LogP contribution in [0.4, 0.5) is 5.69 Å². The van der Waals surface area contributed by atoms with Crippen molar-refractivity contribution >= 4 is 40.7 Å². The number of nitro benzene ring substituents is 1. The van der Waals surface area contributed by atoms with Crippen molar-refractivity contribution in [3.05, 3.63) is 73.8 Å². The highest BCUT2D eigenvalue weighted by molar-refractivity contribution is 6.35. The quantitative estimate of drug-likeness (QED) is 0.431. The van der Waals surface area contributed by atoms with Crippen LogP contribution in [0.15, 0.2) is 42.5 Å². The summed E-state index contributed by atoms with van der Waals surface area (Å²) in [5.74, 6) is -0.655. The molecule has 0 heterocycles. The van der Waals surface area contributed by atoms with Crippen LogP contribution in [0.2, 0.25) is 10.0 Å². The molecule has 1 aliphatic rings. The Hall–Kier alpha value is -2.64. The third-order valence-corrected chi connectivity index (χ3v) is 6.34. The second kappa shape index (κ2) is 10.8. The number of nitrogens with one attached hydrogen (secondary N) is 1.